The van der Waals surface area contributed by atoms with Gasteiger partial charge in [0.15, 0.2) is 5.11 Å². The monoisotopic (exact) mass is 578 g/mol. The van der Waals surface area contributed by atoms with E-state index < -0.39 is 0 Å². The molecular formula is C28H24BrFN4O2S. The van der Waals surface area contributed by atoms with Gasteiger partial charge in [-0.05, 0) is 94.9 Å². The number of hydrogen-bond acceptors (Lipinski definition) is 5. The molecule has 2 aliphatic rings. The molecule has 2 aliphatic heterocycles. The van der Waals surface area contributed by atoms with Crippen molar-refractivity contribution in [3.05, 3.63) is 101 Å². The Labute approximate surface area is 228 Å². The summed E-state index contributed by atoms with van der Waals surface area (Å²) in [5, 5.41) is 4.06. The third kappa shape index (κ3) is 4.74. The first kappa shape index (κ1) is 24.1. The number of benzene rings is 2. The van der Waals surface area contributed by atoms with E-state index >= 15 is 0 Å². The second kappa shape index (κ2) is 10.2. The van der Waals surface area contributed by atoms with Crippen molar-refractivity contribution in [2.45, 2.75) is 12.1 Å². The number of nitrogens with one attached hydrogen (secondary N) is 1. The normalized spacial score (nSPS) is 19.8. The first-order chi connectivity index (χ1) is 18.1. The largest absolute Gasteiger partial charge is 0.459 e. The highest BCUT2D eigenvalue weighted by atomic mass is 79.9. The van der Waals surface area contributed by atoms with Crippen LogP contribution in [0.15, 0.2) is 87.9 Å². The van der Waals surface area contributed by atoms with Crippen LogP contribution in [0, 0.1) is 5.82 Å². The molecule has 0 saturated carbocycles. The van der Waals surface area contributed by atoms with Crippen molar-refractivity contribution in [2.24, 2.45) is 0 Å². The summed E-state index contributed by atoms with van der Waals surface area (Å²) in [5.74, 6) is 1.06. The molecule has 0 amide bonds. The lowest BCUT2D eigenvalue weighted by Gasteiger charge is -2.30. The van der Waals surface area contributed by atoms with Gasteiger partial charge in [-0.25, -0.2) is 4.39 Å². The molecule has 4 heterocycles. The Balaban J connectivity index is 1.38. The van der Waals surface area contributed by atoms with Gasteiger partial charge < -0.3 is 24.3 Å². The Hall–Kier alpha value is -3.27. The maximum Gasteiger partial charge on any atom is 0.174 e. The van der Waals surface area contributed by atoms with E-state index in [4.69, 9.17) is 21.4 Å². The van der Waals surface area contributed by atoms with Gasteiger partial charge in [-0.2, -0.15) is 0 Å². The Morgan fingerprint density at radius 1 is 0.973 bits per heavy atom. The van der Waals surface area contributed by atoms with Crippen LogP contribution >= 0.6 is 28.1 Å². The summed E-state index contributed by atoms with van der Waals surface area (Å²) in [6.07, 6.45) is 1.78. The van der Waals surface area contributed by atoms with E-state index in [2.05, 4.69) is 60.3 Å². The molecule has 2 fully saturated rings. The summed E-state index contributed by atoms with van der Waals surface area (Å²) in [7, 11) is 0. The quantitative estimate of drug-likeness (QED) is 0.280. The number of hydrogen-bond donors (Lipinski definition) is 1. The van der Waals surface area contributed by atoms with Crippen molar-refractivity contribution >= 4 is 44.6 Å². The number of furan rings is 1. The number of aromatic nitrogens is 1. The minimum atomic E-state index is -0.310. The highest BCUT2D eigenvalue weighted by molar-refractivity contribution is 9.10. The van der Waals surface area contributed by atoms with Gasteiger partial charge in [-0.3, -0.25) is 4.98 Å². The van der Waals surface area contributed by atoms with Gasteiger partial charge in [0.1, 0.15) is 23.4 Å². The molecule has 0 aliphatic carbocycles. The molecule has 37 heavy (non-hydrogen) atoms. The van der Waals surface area contributed by atoms with Gasteiger partial charge in [0, 0.05) is 40.7 Å². The third-order valence-electron chi connectivity index (χ3n) is 6.72. The molecule has 0 bridgehead atoms. The number of morpholine rings is 1. The van der Waals surface area contributed by atoms with Crippen LogP contribution in [0.3, 0.4) is 0 Å². The summed E-state index contributed by atoms with van der Waals surface area (Å²) < 4.78 is 26.2. The van der Waals surface area contributed by atoms with Crippen molar-refractivity contribution in [1.82, 2.24) is 10.3 Å². The van der Waals surface area contributed by atoms with Gasteiger partial charge in [-0.1, -0.05) is 6.07 Å². The Bertz CT molecular complexity index is 1410. The molecule has 6 rings (SSSR count). The fraction of sp³-hybridized carbons (Fsp3) is 0.214. The third-order valence-corrected chi connectivity index (χ3v) is 7.69. The zero-order valence-electron chi connectivity index (χ0n) is 19.8. The van der Waals surface area contributed by atoms with Crippen LogP contribution < -0.4 is 15.1 Å². The molecule has 2 aromatic carbocycles. The van der Waals surface area contributed by atoms with Crippen LogP contribution in [0.1, 0.15) is 23.5 Å². The molecule has 2 atom stereocenters. The molecular weight excluding hydrogens is 555 g/mol. The predicted octanol–water partition coefficient (Wildman–Crippen LogP) is 6.26. The second-order valence-electron chi connectivity index (χ2n) is 8.94. The Morgan fingerprint density at radius 2 is 1.76 bits per heavy atom. The van der Waals surface area contributed by atoms with Crippen LogP contribution in [0.4, 0.5) is 15.8 Å². The fourth-order valence-electron chi connectivity index (χ4n) is 4.91. The van der Waals surface area contributed by atoms with Crippen LogP contribution in [0.25, 0.3) is 11.3 Å². The van der Waals surface area contributed by atoms with E-state index in [1.165, 1.54) is 12.1 Å². The smallest absolute Gasteiger partial charge is 0.174 e. The Morgan fingerprint density at radius 3 is 2.49 bits per heavy atom. The van der Waals surface area contributed by atoms with Gasteiger partial charge in [0.05, 0.1) is 24.9 Å². The molecule has 1 N–H and O–H groups in total. The summed E-state index contributed by atoms with van der Waals surface area (Å²) in [6, 6.07) is 22.2. The molecule has 6 nitrogen and oxygen atoms in total. The van der Waals surface area contributed by atoms with E-state index in [0.29, 0.717) is 15.3 Å². The molecule has 0 unspecified atom stereocenters. The zero-order valence-corrected chi connectivity index (χ0v) is 22.2. The average molecular weight is 579 g/mol. The van der Waals surface area contributed by atoms with E-state index in [0.717, 1.165) is 54.7 Å². The first-order valence-electron chi connectivity index (χ1n) is 12.1. The van der Waals surface area contributed by atoms with Gasteiger partial charge >= 0.3 is 0 Å². The number of pyridine rings is 1. The van der Waals surface area contributed by atoms with Crippen LogP contribution in [0.2, 0.25) is 0 Å². The van der Waals surface area contributed by atoms with Crippen molar-refractivity contribution in [3.63, 3.8) is 0 Å². The van der Waals surface area contributed by atoms with Crippen molar-refractivity contribution < 1.29 is 13.5 Å². The van der Waals surface area contributed by atoms with Crippen molar-refractivity contribution in [3.8, 4) is 11.3 Å². The van der Waals surface area contributed by atoms with E-state index in [1.807, 2.05) is 30.3 Å². The molecule has 0 spiro atoms. The standard InChI is InChI=1S/C28H24BrFN4O2S/c29-22-17-18(30)4-9-21(22)24-10-11-25(36-24)27-26(23-3-1-2-12-31-23)32-28(37)34(27)20-7-5-19(6-8-20)33-13-15-35-16-14-33/h1-12,17,26-27H,13-16H2,(H,32,37)/t26-,27-/m1/s1. The molecule has 2 saturated heterocycles. The number of ether oxygens (including phenoxy) is 1. The average Bonchev–Trinajstić information content (AvgIpc) is 3.54. The predicted molar refractivity (Wildman–Crippen MR) is 149 cm³/mol. The summed E-state index contributed by atoms with van der Waals surface area (Å²) in [4.78, 5) is 9.01. The number of nitrogens with zero attached hydrogens (tertiary/aromatic N) is 3. The molecule has 188 valence electrons. The molecule has 4 aromatic rings. The van der Waals surface area contributed by atoms with Crippen molar-refractivity contribution in [1.29, 1.82) is 0 Å². The van der Waals surface area contributed by atoms with Crippen LogP contribution in [0.5, 0.6) is 0 Å². The summed E-state index contributed by atoms with van der Waals surface area (Å²) in [6.45, 7) is 3.23. The molecule has 0 radical (unpaired) electrons. The van der Waals surface area contributed by atoms with Crippen LogP contribution in [-0.2, 0) is 4.74 Å². The molecule has 9 heteroatoms. The lowest BCUT2D eigenvalue weighted by atomic mass is 10.0. The Kier molecular flexibility index (Phi) is 6.67. The SMILES string of the molecule is Fc1ccc(-c2ccc([C@@H]3[C@@H](c4ccccn4)NC(=S)N3c3ccc(N4CCOCC4)cc3)o2)c(Br)c1. The highest BCUT2D eigenvalue weighted by Gasteiger charge is 2.42. The van der Waals surface area contributed by atoms with Gasteiger partial charge in [0.2, 0.25) is 0 Å². The zero-order chi connectivity index (χ0) is 25.4. The maximum absolute atomic E-state index is 13.7. The van der Waals surface area contributed by atoms with Crippen molar-refractivity contribution in [2.75, 3.05) is 36.1 Å². The van der Waals surface area contributed by atoms with Gasteiger partial charge in [0.25, 0.3) is 0 Å². The fourth-order valence-corrected chi connectivity index (χ4v) is 5.81. The lowest BCUT2D eigenvalue weighted by Crippen LogP contribution is -2.36. The minimum Gasteiger partial charge on any atom is -0.459 e. The lowest BCUT2D eigenvalue weighted by molar-refractivity contribution is 0.122. The molecule has 2 aromatic heterocycles. The first-order valence-corrected chi connectivity index (χ1v) is 13.3. The van der Waals surface area contributed by atoms with E-state index in [9.17, 15) is 4.39 Å². The summed E-state index contributed by atoms with van der Waals surface area (Å²) in [5.41, 5.74) is 3.75. The number of thiocarbonyl (C=S) groups is 1. The number of halogens is 2. The number of rotatable bonds is 5. The van der Waals surface area contributed by atoms with E-state index in [-0.39, 0.29) is 17.9 Å². The van der Waals surface area contributed by atoms with Gasteiger partial charge in [-0.15, -0.1) is 0 Å². The summed E-state index contributed by atoms with van der Waals surface area (Å²) >= 11 is 9.30. The number of anilines is 2. The highest BCUT2D eigenvalue weighted by Crippen LogP contribution is 2.43. The van der Waals surface area contributed by atoms with E-state index in [1.54, 1.807) is 12.3 Å². The topological polar surface area (TPSA) is 53.8 Å². The maximum atomic E-state index is 13.7. The second-order valence-corrected chi connectivity index (χ2v) is 10.2. The van der Waals surface area contributed by atoms with Crippen LogP contribution in [-0.4, -0.2) is 36.4 Å². The minimum absolute atomic E-state index is 0.219.